The third-order valence-corrected chi connectivity index (χ3v) is 4.69. The molecule has 1 N–H and O–H groups in total. The fraction of sp³-hybridized carbons (Fsp3) is 1.00. The minimum atomic E-state index is 0.706. The van der Waals surface area contributed by atoms with Gasteiger partial charge in [-0.1, -0.05) is 19.8 Å². The van der Waals surface area contributed by atoms with E-state index in [1.54, 1.807) is 0 Å². The van der Waals surface area contributed by atoms with Gasteiger partial charge in [-0.3, -0.25) is 4.90 Å². The Bertz CT molecular complexity index is 235. The molecule has 0 saturated heterocycles. The average Bonchev–Trinajstić information content (AvgIpc) is 3.11. The van der Waals surface area contributed by atoms with Crippen LogP contribution in [-0.4, -0.2) is 36.6 Å². The molecule has 2 aliphatic carbocycles. The first kappa shape index (κ1) is 14.3. The lowest BCUT2D eigenvalue weighted by Gasteiger charge is -2.30. The highest BCUT2D eigenvalue weighted by Crippen LogP contribution is 2.30. The fourth-order valence-electron chi connectivity index (χ4n) is 3.22. The van der Waals surface area contributed by atoms with Crippen LogP contribution in [0.25, 0.3) is 0 Å². The van der Waals surface area contributed by atoms with Gasteiger partial charge < -0.3 is 5.32 Å². The Morgan fingerprint density at radius 2 is 1.94 bits per heavy atom. The van der Waals surface area contributed by atoms with Crippen molar-refractivity contribution in [1.29, 1.82) is 0 Å². The lowest BCUT2D eigenvalue weighted by atomic mass is 9.87. The Kier molecular flexibility index (Phi) is 5.50. The van der Waals surface area contributed by atoms with E-state index in [1.165, 1.54) is 58.2 Å². The van der Waals surface area contributed by atoms with Crippen LogP contribution in [-0.2, 0) is 0 Å². The summed E-state index contributed by atoms with van der Waals surface area (Å²) in [5.41, 5.74) is 0. The van der Waals surface area contributed by atoms with Gasteiger partial charge in [0.1, 0.15) is 0 Å². The second kappa shape index (κ2) is 6.91. The van der Waals surface area contributed by atoms with Gasteiger partial charge in [0.2, 0.25) is 0 Å². The van der Waals surface area contributed by atoms with Gasteiger partial charge in [0.05, 0.1) is 0 Å². The molecule has 2 saturated carbocycles. The second-order valence-electron chi connectivity index (χ2n) is 6.95. The lowest BCUT2D eigenvalue weighted by molar-refractivity contribution is 0.204. The van der Waals surface area contributed by atoms with Gasteiger partial charge in [-0.15, -0.1) is 0 Å². The minimum Gasteiger partial charge on any atom is -0.313 e. The van der Waals surface area contributed by atoms with Crippen molar-refractivity contribution in [2.24, 2.45) is 11.8 Å². The van der Waals surface area contributed by atoms with Gasteiger partial charge in [0.15, 0.2) is 0 Å². The Morgan fingerprint density at radius 1 is 1.17 bits per heavy atom. The van der Waals surface area contributed by atoms with E-state index < -0.39 is 0 Å². The van der Waals surface area contributed by atoms with E-state index in [2.05, 4.69) is 31.0 Å². The highest BCUT2D eigenvalue weighted by atomic mass is 15.2. The van der Waals surface area contributed by atoms with Crippen LogP contribution >= 0.6 is 0 Å². The molecular weight excluding hydrogens is 220 g/mol. The summed E-state index contributed by atoms with van der Waals surface area (Å²) >= 11 is 0. The largest absolute Gasteiger partial charge is 0.313 e. The average molecular weight is 252 g/mol. The molecule has 0 aromatic heterocycles. The van der Waals surface area contributed by atoms with Crippen molar-refractivity contribution >= 4 is 0 Å². The number of nitrogens with one attached hydrogen (secondary N) is 1. The maximum absolute atomic E-state index is 3.79. The van der Waals surface area contributed by atoms with E-state index in [9.17, 15) is 0 Å². The second-order valence-corrected chi connectivity index (χ2v) is 6.95. The molecule has 2 atom stereocenters. The molecule has 0 aliphatic heterocycles. The Labute approximate surface area is 114 Å². The fourth-order valence-corrected chi connectivity index (χ4v) is 3.22. The predicted octanol–water partition coefficient (Wildman–Crippen LogP) is 3.28. The third-order valence-electron chi connectivity index (χ3n) is 4.69. The van der Waals surface area contributed by atoms with Crippen LogP contribution in [0.4, 0.5) is 0 Å². The van der Waals surface area contributed by atoms with E-state index in [0.717, 1.165) is 17.9 Å². The molecule has 2 nitrogen and oxygen atoms in total. The molecule has 0 spiro atoms. The molecule has 2 unspecified atom stereocenters. The first-order valence-corrected chi connectivity index (χ1v) is 8.12. The van der Waals surface area contributed by atoms with E-state index in [1.807, 2.05) is 0 Å². The van der Waals surface area contributed by atoms with Crippen molar-refractivity contribution in [3.05, 3.63) is 0 Å². The van der Waals surface area contributed by atoms with Crippen LogP contribution in [0.2, 0.25) is 0 Å². The minimum absolute atomic E-state index is 0.706. The van der Waals surface area contributed by atoms with E-state index >= 15 is 0 Å². The zero-order chi connectivity index (χ0) is 13.0. The molecule has 0 aromatic carbocycles. The first-order chi connectivity index (χ1) is 8.65. The molecule has 106 valence electrons. The number of rotatable bonds is 7. The summed E-state index contributed by atoms with van der Waals surface area (Å²) in [6, 6.07) is 1.50. The van der Waals surface area contributed by atoms with Gasteiger partial charge in [0, 0.05) is 31.7 Å². The molecule has 2 heteroatoms. The van der Waals surface area contributed by atoms with Crippen molar-refractivity contribution in [1.82, 2.24) is 10.2 Å². The van der Waals surface area contributed by atoms with E-state index in [-0.39, 0.29) is 0 Å². The van der Waals surface area contributed by atoms with Crippen molar-refractivity contribution < 1.29 is 0 Å². The van der Waals surface area contributed by atoms with Gasteiger partial charge in [0.25, 0.3) is 0 Å². The summed E-state index contributed by atoms with van der Waals surface area (Å²) in [5.74, 6) is 1.95. The van der Waals surface area contributed by atoms with Crippen LogP contribution in [0.15, 0.2) is 0 Å². The molecule has 2 rings (SSSR count). The Balaban J connectivity index is 1.62. The van der Waals surface area contributed by atoms with Crippen molar-refractivity contribution in [3.63, 3.8) is 0 Å². The molecule has 0 bridgehead atoms. The van der Waals surface area contributed by atoms with Gasteiger partial charge in [-0.25, -0.2) is 0 Å². The van der Waals surface area contributed by atoms with Crippen molar-refractivity contribution in [3.8, 4) is 0 Å². The molecule has 0 aromatic rings. The summed E-state index contributed by atoms with van der Waals surface area (Å²) in [5, 5.41) is 3.79. The van der Waals surface area contributed by atoms with Crippen LogP contribution in [0.1, 0.15) is 59.3 Å². The summed E-state index contributed by atoms with van der Waals surface area (Å²) in [6.07, 6.45) is 8.60. The first-order valence-electron chi connectivity index (χ1n) is 8.12. The van der Waals surface area contributed by atoms with E-state index in [0.29, 0.717) is 6.04 Å². The Morgan fingerprint density at radius 3 is 2.56 bits per heavy atom. The maximum atomic E-state index is 3.79. The van der Waals surface area contributed by atoms with Crippen LogP contribution in [0.3, 0.4) is 0 Å². The standard InChI is InChI=1S/C16H32N2/c1-13(2)18(12-15-7-8-15)10-9-17-16-6-4-5-14(3)11-16/h13-17H,4-12H2,1-3H3. The monoisotopic (exact) mass is 252 g/mol. The smallest absolute Gasteiger partial charge is 0.0110 e. The zero-order valence-electron chi connectivity index (χ0n) is 12.6. The third kappa shape index (κ3) is 4.89. The zero-order valence-corrected chi connectivity index (χ0v) is 12.6. The number of hydrogen-bond donors (Lipinski definition) is 1. The molecule has 18 heavy (non-hydrogen) atoms. The maximum Gasteiger partial charge on any atom is 0.0110 e. The van der Waals surface area contributed by atoms with Crippen LogP contribution < -0.4 is 5.32 Å². The van der Waals surface area contributed by atoms with Gasteiger partial charge >= 0.3 is 0 Å². The summed E-state index contributed by atoms with van der Waals surface area (Å²) in [4.78, 5) is 2.66. The highest BCUT2D eigenvalue weighted by molar-refractivity contribution is 4.80. The predicted molar refractivity (Wildman–Crippen MR) is 78.9 cm³/mol. The van der Waals surface area contributed by atoms with Crippen LogP contribution in [0.5, 0.6) is 0 Å². The van der Waals surface area contributed by atoms with Crippen molar-refractivity contribution in [2.45, 2.75) is 71.4 Å². The molecule has 0 radical (unpaired) electrons. The van der Waals surface area contributed by atoms with Crippen molar-refractivity contribution in [2.75, 3.05) is 19.6 Å². The SMILES string of the molecule is CC1CCCC(NCCN(CC2CC2)C(C)C)C1. The van der Waals surface area contributed by atoms with Gasteiger partial charge in [-0.2, -0.15) is 0 Å². The number of nitrogens with zero attached hydrogens (tertiary/aromatic N) is 1. The summed E-state index contributed by atoms with van der Waals surface area (Å²) in [6.45, 7) is 10.8. The number of hydrogen-bond acceptors (Lipinski definition) is 2. The molecule has 2 fully saturated rings. The molecule has 2 aliphatic rings. The summed E-state index contributed by atoms with van der Waals surface area (Å²) in [7, 11) is 0. The quantitative estimate of drug-likeness (QED) is 0.748. The normalized spacial score (nSPS) is 29.2. The topological polar surface area (TPSA) is 15.3 Å². The summed E-state index contributed by atoms with van der Waals surface area (Å²) < 4.78 is 0. The molecule has 0 amide bonds. The van der Waals surface area contributed by atoms with Crippen LogP contribution in [0, 0.1) is 11.8 Å². The Hall–Kier alpha value is -0.0800. The van der Waals surface area contributed by atoms with E-state index in [4.69, 9.17) is 0 Å². The lowest BCUT2D eigenvalue weighted by Crippen LogP contribution is -2.42. The highest BCUT2D eigenvalue weighted by Gasteiger charge is 2.25. The molecular formula is C16H32N2. The molecule has 0 heterocycles. The van der Waals surface area contributed by atoms with Gasteiger partial charge in [-0.05, 0) is 51.4 Å².